The van der Waals surface area contributed by atoms with Crippen LogP contribution < -0.4 is 20.8 Å². The number of ketones is 1. The van der Waals surface area contributed by atoms with E-state index in [1.807, 2.05) is 24.3 Å². The molecule has 0 saturated carbocycles. The van der Waals surface area contributed by atoms with Gasteiger partial charge in [0.25, 0.3) is 5.91 Å². The lowest BCUT2D eigenvalue weighted by molar-refractivity contribution is -0.128. The van der Waals surface area contributed by atoms with Gasteiger partial charge in [0, 0.05) is 61.5 Å². The van der Waals surface area contributed by atoms with E-state index in [9.17, 15) is 9.59 Å². The molecule has 0 bridgehead atoms. The number of nitrogens with two attached hydrogens (primary N) is 1. The van der Waals surface area contributed by atoms with Crippen LogP contribution in [0, 0.1) is 5.41 Å². The standard InChI is InChI=1S/C26H26N6O3/c1-35-23-11-17(4-7-30-23)16-2-3-18-19-12-29-13-20(25(27)34)24(19)32(21(18)10-16)31-9-5-22(33)26(15-31)6-8-28-14-26/h2-4,7,10-13,28H,5-6,8-9,14-15H2,1H3,(H2,27,34)/t26-/m1/s1. The third-order valence-corrected chi connectivity index (χ3v) is 7.39. The summed E-state index contributed by atoms with van der Waals surface area (Å²) in [6, 6.07) is 10.0. The Kier molecular flexibility index (Phi) is 4.96. The summed E-state index contributed by atoms with van der Waals surface area (Å²) in [7, 11) is 1.59. The Balaban J connectivity index is 1.60. The molecule has 6 rings (SSSR count). The van der Waals surface area contributed by atoms with Gasteiger partial charge < -0.3 is 20.8 Å². The molecule has 0 unspecified atom stereocenters. The molecule has 4 aromatic rings. The second kappa shape index (κ2) is 8.06. The number of nitrogens with one attached hydrogen (secondary N) is 1. The summed E-state index contributed by atoms with van der Waals surface area (Å²) >= 11 is 0. The first kappa shape index (κ1) is 21.5. The molecule has 0 radical (unpaired) electrons. The third kappa shape index (κ3) is 3.34. The molecule has 178 valence electrons. The monoisotopic (exact) mass is 470 g/mol. The number of carbonyl (C=O) groups excluding carboxylic acids is 2. The molecule has 3 N–H and O–H groups in total. The van der Waals surface area contributed by atoms with E-state index in [1.165, 1.54) is 6.20 Å². The van der Waals surface area contributed by atoms with E-state index in [4.69, 9.17) is 10.5 Å². The van der Waals surface area contributed by atoms with E-state index in [1.54, 1.807) is 19.5 Å². The van der Waals surface area contributed by atoms with E-state index in [0.29, 0.717) is 43.3 Å². The maximum Gasteiger partial charge on any atom is 0.252 e. The number of aromatic nitrogens is 3. The number of carbonyl (C=O) groups is 2. The molecule has 5 heterocycles. The number of nitrogens with zero attached hydrogens (tertiary/aromatic N) is 4. The zero-order valence-corrected chi connectivity index (χ0v) is 19.5. The van der Waals surface area contributed by atoms with E-state index in [0.717, 1.165) is 45.9 Å². The third-order valence-electron chi connectivity index (χ3n) is 7.39. The van der Waals surface area contributed by atoms with E-state index in [-0.39, 0.29) is 0 Å². The van der Waals surface area contributed by atoms with Crippen LogP contribution in [-0.4, -0.2) is 59.6 Å². The van der Waals surface area contributed by atoms with Gasteiger partial charge in [-0.15, -0.1) is 0 Å². The molecule has 1 spiro atoms. The zero-order chi connectivity index (χ0) is 24.2. The number of rotatable bonds is 4. The van der Waals surface area contributed by atoms with Crippen molar-refractivity contribution in [2.24, 2.45) is 11.1 Å². The zero-order valence-electron chi connectivity index (χ0n) is 19.5. The topological polar surface area (TPSA) is 115 Å². The van der Waals surface area contributed by atoms with Gasteiger partial charge in [0.05, 0.1) is 29.1 Å². The van der Waals surface area contributed by atoms with Crippen LogP contribution >= 0.6 is 0 Å². The summed E-state index contributed by atoms with van der Waals surface area (Å²) < 4.78 is 7.40. The molecular formula is C26H26N6O3. The summed E-state index contributed by atoms with van der Waals surface area (Å²) in [6.07, 6.45) is 6.29. The minimum absolute atomic E-state index is 0.306. The van der Waals surface area contributed by atoms with Crippen LogP contribution in [0.4, 0.5) is 0 Å². The molecule has 9 nitrogen and oxygen atoms in total. The smallest absolute Gasteiger partial charge is 0.252 e. The molecular weight excluding hydrogens is 444 g/mol. The van der Waals surface area contributed by atoms with E-state index >= 15 is 0 Å². The number of piperidine rings is 1. The molecule has 0 aliphatic carbocycles. The number of ether oxygens (including phenoxy) is 1. The Morgan fingerprint density at radius 1 is 1.17 bits per heavy atom. The van der Waals surface area contributed by atoms with Crippen LogP contribution in [0.15, 0.2) is 48.9 Å². The van der Waals surface area contributed by atoms with Gasteiger partial charge in [-0.2, -0.15) is 0 Å². The van der Waals surface area contributed by atoms with Crippen molar-refractivity contribution < 1.29 is 14.3 Å². The Morgan fingerprint density at radius 3 is 2.80 bits per heavy atom. The lowest BCUT2D eigenvalue weighted by atomic mass is 9.78. The first-order chi connectivity index (χ1) is 17.0. The fraction of sp³-hybridized carbons (Fsp3) is 0.308. The average Bonchev–Trinajstić information content (AvgIpc) is 3.48. The van der Waals surface area contributed by atoms with Crippen molar-refractivity contribution in [3.05, 3.63) is 54.5 Å². The second-order valence-corrected chi connectivity index (χ2v) is 9.35. The Hall–Kier alpha value is -3.98. The number of amides is 1. The van der Waals surface area contributed by atoms with Crippen molar-refractivity contribution in [1.82, 2.24) is 20.0 Å². The fourth-order valence-corrected chi connectivity index (χ4v) is 5.59. The molecule has 1 atom stereocenters. The highest BCUT2D eigenvalue weighted by Crippen LogP contribution is 2.38. The van der Waals surface area contributed by atoms with E-state index < -0.39 is 11.3 Å². The summed E-state index contributed by atoms with van der Waals surface area (Å²) in [5, 5.41) is 7.38. The first-order valence-corrected chi connectivity index (χ1v) is 11.7. The predicted molar refractivity (Wildman–Crippen MR) is 133 cm³/mol. The second-order valence-electron chi connectivity index (χ2n) is 9.35. The Labute approximate surface area is 201 Å². The van der Waals surface area contributed by atoms with Crippen molar-refractivity contribution in [2.75, 3.05) is 38.3 Å². The first-order valence-electron chi connectivity index (χ1n) is 11.7. The lowest BCUT2D eigenvalue weighted by Gasteiger charge is -2.41. The van der Waals surface area contributed by atoms with Crippen molar-refractivity contribution in [3.63, 3.8) is 0 Å². The number of benzene rings is 1. The van der Waals surface area contributed by atoms with Crippen molar-refractivity contribution in [3.8, 4) is 17.0 Å². The van der Waals surface area contributed by atoms with Gasteiger partial charge in [-0.05, 0) is 36.2 Å². The van der Waals surface area contributed by atoms with Gasteiger partial charge in [0.15, 0.2) is 0 Å². The van der Waals surface area contributed by atoms with Crippen LogP contribution in [-0.2, 0) is 4.79 Å². The summed E-state index contributed by atoms with van der Waals surface area (Å²) in [6.45, 7) is 2.64. The fourth-order valence-electron chi connectivity index (χ4n) is 5.59. The van der Waals surface area contributed by atoms with Crippen LogP contribution in [0.2, 0.25) is 0 Å². The lowest BCUT2D eigenvalue weighted by Crippen LogP contribution is -2.54. The van der Waals surface area contributed by atoms with Crippen LogP contribution in [0.25, 0.3) is 32.9 Å². The van der Waals surface area contributed by atoms with Gasteiger partial charge in [0.2, 0.25) is 5.88 Å². The predicted octanol–water partition coefficient (Wildman–Crippen LogP) is 2.25. The maximum absolute atomic E-state index is 13.0. The van der Waals surface area contributed by atoms with Gasteiger partial charge in [0.1, 0.15) is 5.78 Å². The summed E-state index contributed by atoms with van der Waals surface area (Å²) in [5.41, 5.74) is 9.35. The molecule has 3 aromatic heterocycles. The average molecular weight is 471 g/mol. The van der Waals surface area contributed by atoms with Gasteiger partial charge in [-0.3, -0.25) is 19.2 Å². The van der Waals surface area contributed by atoms with Gasteiger partial charge in [-0.25, -0.2) is 4.98 Å². The number of methoxy groups -OCH3 is 1. The SMILES string of the molecule is COc1cc(-c2ccc3c4cncc(C(N)=O)c4n(N4CCC(=O)[C@@]5(CCNC5)C4)c3c2)ccn1. The van der Waals surface area contributed by atoms with Crippen LogP contribution in [0.1, 0.15) is 23.2 Å². The van der Waals surface area contributed by atoms with Crippen molar-refractivity contribution >= 4 is 33.5 Å². The summed E-state index contributed by atoms with van der Waals surface area (Å²) in [5.74, 6) is 0.311. The number of Topliss-reactive ketones (excluding diaryl/α,β-unsaturated/α-hetero) is 1. The number of hydrogen-bond donors (Lipinski definition) is 2. The van der Waals surface area contributed by atoms with Gasteiger partial charge in [-0.1, -0.05) is 12.1 Å². The molecule has 2 aliphatic rings. The molecule has 1 aromatic carbocycles. The maximum atomic E-state index is 13.0. The Bertz CT molecular complexity index is 1490. The minimum Gasteiger partial charge on any atom is -0.481 e. The number of hydrogen-bond acceptors (Lipinski definition) is 7. The number of pyridine rings is 2. The van der Waals surface area contributed by atoms with Crippen molar-refractivity contribution in [2.45, 2.75) is 12.8 Å². The number of fused-ring (bicyclic) bond motifs is 3. The quantitative estimate of drug-likeness (QED) is 0.470. The Morgan fingerprint density at radius 2 is 2.03 bits per heavy atom. The van der Waals surface area contributed by atoms with E-state index in [2.05, 4.69) is 31.0 Å². The summed E-state index contributed by atoms with van der Waals surface area (Å²) in [4.78, 5) is 33.9. The highest BCUT2D eigenvalue weighted by Gasteiger charge is 2.45. The largest absolute Gasteiger partial charge is 0.481 e. The molecule has 1 amide bonds. The highest BCUT2D eigenvalue weighted by atomic mass is 16.5. The normalized spacial score (nSPS) is 20.3. The van der Waals surface area contributed by atoms with Crippen LogP contribution in [0.5, 0.6) is 5.88 Å². The molecule has 35 heavy (non-hydrogen) atoms. The minimum atomic E-state index is -0.531. The molecule has 2 saturated heterocycles. The molecule has 9 heteroatoms. The highest BCUT2D eigenvalue weighted by molar-refractivity contribution is 6.15. The van der Waals surface area contributed by atoms with Crippen molar-refractivity contribution in [1.29, 1.82) is 0 Å². The molecule has 2 aliphatic heterocycles. The number of primary amides is 1. The molecule has 2 fully saturated rings. The van der Waals surface area contributed by atoms with Gasteiger partial charge >= 0.3 is 0 Å². The van der Waals surface area contributed by atoms with Crippen LogP contribution in [0.3, 0.4) is 0 Å².